The van der Waals surface area contributed by atoms with Gasteiger partial charge in [-0.3, -0.25) is 5.10 Å². The third-order valence-corrected chi connectivity index (χ3v) is 4.81. The van der Waals surface area contributed by atoms with Crippen molar-refractivity contribution in [1.82, 2.24) is 15.2 Å². The van der Waals surface area contributed by atoms with Crippen molar-refractivity contribution in [2.24, 2.45) is 0 Å². The highest BCUT2D eigenvalue weighted by Crippen LogP contribution is 2.24. The topological polar surface area (TPSA) is 67.9 Å². The van der Waals surface area contributed by atoms with E-state index < -0.39 is 5.97 Å². The van der Waals surface area contributed by atoms with E-state index in [-0.39, 0.29) is 6.61 Å². The minimum atomic E-state index is -0.456. The van der Waals surface area contributed by atoms with E-state index in [1.165, 1.54) is 16.9 Å². The van der Waals surface area contributed by atoms with Gasteiger partial charge >= 0.3 is 5.97 Å². The van der Waals surface area contributed by atoms with Crippen molar-refractivity contribution in [2.75, 3.05) is 0 Å². The number of rotatable bonds is 4. The number of aryl methyl sites for hydroxylation is 1. The molecular weight excluding hydrogens is 334 g/mol. The molecule has 6 heteroatoms. The number of fused-ring (bicyclic) bond motifs is 1. The summed E-state index contributed by atoms with van der Waals surface area (Å²) >= 11 is 1.54. The van der Waals surface area contributed by atoms with Crippen LogP contribution < -0.4 is 0 Å². The molecule has 2 aromatic heterocycles. The SMILES string of the molecule is Cc1ccc(-c2nc(COC(=O)c3n[nH]c4ccccc34)cs2)cc1. The molecule has 2 heterocycles. The number of nitrogens with one attached hydrogen (secondary N) is 1. The van der Waals surface area contributed by atoms with Gasteiger partial charge in [0.05, 0.1) is 11.2 Å². The number of aromatic amines is 1. The quantitative estimate of drug-likeness (QED) is 0.556. The smallest absolute Gasteiger partial charge is 0.359 e. The predicted molar refractivity (Wildman–Crippen MR) is 97.5 cm³/mol. The number of ether oxygens (including phenoxy) is 1. The molecule has 25 heavy (non-hydrogen) atoms. The van der Waals surface area contributed by atoms with E-state index in [0.717, 1.165) is 27.2 Å². The largest absolute Gasteiger partial charge is 0.454 e. The fourth-order valence-electron chi connectivity index (χ4n) is 2.53. The molecule has 2 aromatic carbocycles. The van der Waals surface area contributed by atoms with Crippen LogP contribution >= 0.6 is 11.3 Å². The molecule has 5 nitrogen and oxygen atoms in total. The molecule has 0 aliphatic rings. The fraction of sp³-hybridized carbons (Fsp3) is 0.105. The second kappa shape index (κ2) is 6.49. The molecular formula is C19H15N3O2S. The Labute approximate surface area is 148 Å². The Bertz CT molecular complexity index is 1030. The Morgan fingerprint density at radius 3 is 2.80 bits per heavy atom. The fourth-order valence-corrected chi connectivity index (χ4v) is 3.34. The molecule has 0 unspecified atom stereocenters. The van der Waals surface area contributed by atoms with Crippen molar-refractivity contribution in [3.05, 3.63) is 70.9 Å². The van der Waals surface area contributed by atoms with E-state index >= 15 is 0 Å². The Morgan fingerprint density at radius 1 is 1.16 bits per heavy atom. The monoisotopic (exact) mass is 349 g/mol. The first-order valence-corrected chi connectivity index (χ1v) is 8.70. The average molecular weight is 349 g/mol. The zero-order chi connectivity index (χ0) is 17.2. The van der Waals surface area contributed by atoms with E-state index in [0.29, 0.717) is 5.69 Å². The molecule has 0 saturated carbocycles. The molecule has 0 fully saturated rings. The first-order valence-electron chi connectivity index (χ1n) is 7.82. The molecule has 124 valence electrons. The summed E-state index contributed by atoms with van der Waals surface area (Å²) in [5, 5.41) is 10.5. The van der Waals surface area contributed by atoms with Gasteiger partial charge in [-0.05, 0) is 13.0 Å². The van der Waals surface area contributed by atoms with Crippen LogP contribution in [0.1, 0.15) is 21.7 Å². The summed E-state index contributed by atoms with van der Waals surface area (Å²) in [4.78, 5) is 16.8. The zero-order valence-electron chi connectivity index (χ0n) is 13.5. The average Bonchev–Trinajstić information content (AvgIpc) is 3.27. The first kappa shape index (κ1) is 15.5. The third kappa shape index (κ3) is 3.16. The van der Waals surface area contributed by atoms with Crippen LogP contribution in [0.15, 0.2) is 53.9 Å². The maximum Gasteiger partial charge on any atom is 0.359 e. The summed E-state index contributed by atoms with van der Waals surface area (Å²) in [6.07, 6.45) is 0. The van der Waals surface area contributed by atoms with Crippen molar-refractivity contribution >= 4 is 28.2 Å². The van der Waals surface area contributed by atoms with Crippen LogP contribution in [-0.2, 0) is 11.3 Å². The van der Waals surface area contributed by atoms with Gasteiger partial charge in [-0.15, -0.1) is 11.3 Å². The van der Waals surface area contributed by atoms with Gasteiger partial charge in [0.15, 0.2) is 5.69 Å². The van der Waals surface area contributed by atoms with Crippen LogP contribution in [0.2, 0.25) is 0 Å². The van der Waals surface area contributed by atoms with E-state index in [9.17, 15) is 4.79 Å². The predicted octanol–water partition coefficient (Wildman–Crippen LogP) is 4.35. The number of carbonyl (C=O) groups excluding carboxylic acids is 1. The van der Waals surface area contributed by atoms with Crippen molar-refractivity contribution in [2.45, 2.75) is 13.5 Å². The summed E-state index contributed by atoms with van der Waals surface area (Å²) in [6.45, 7) is 2.18. The van der Waals surface area contributed by atoms with E-state index in [2.05, 4.69) is 34.2 Å². The lowest BCUT2D eigenvalue weighted by molar-refractivity contribution is 0.0464. The van der Waals surface area contributed by atoms with Crippen LogP contribution in [0.3, 0.4) is 0 Å². The normalized spacial score (nSPS) is 10.9. The summed E-state index contributed by atoms with van der Waals surface area (Å²) < 4.78 is 5.37. The van der Waals surface area contributed by atoms with E-state index in [4.69, 9.17) is 4.74 Å². The van der Waals surface area contributed by atoms with Crippen LogP contribution in [0.25, 0.3) is 21.5 Å². The molecule has 0 bridgehead atoms. The summed E-state index contributed by atoms with van der Waals surface area (Å²) in [5.74, 6) is -0.456. The maximum absolute atomic E-state index is 12.3. The third-order valence-electron chi connectivity index (χ3n) is 3.87. The van der Waals surface area contributed by atoms with Gasteiger partial charge in [0.2, 0.25) is 0 Å². The number of H-pyrrole nitrogens is 1. The zero-order valence-corrected chi connectivity index (χ0v) is 14.3. The molecule has 4 rings (SSSR count). The number of carbonyl (C=O) groups is 1. The van der Waals surface area contributed by atoms with Gasteiger partial charge in [0, 0.05) is 16.3 Å². The van der Waals surface area contributed by atoms with Crippen LogP contribution in [-0.4, -0.2) is 21.2 Å². The van der Waals surface area contributed by atoms with Crippen molar-refractivity contribution in [3.8, 4) is 10.6 Å². The number of esters is 1. The maximum atomic E-state index is 12.3. The molecule has 0 amide bonds. The van der Waals surface area contributed by atoms with Crippen molar-refractivity contribution in [1.29, 1.82) is 0 Å². The standard InChI is InChI=1S/C19H15N3O2S/c1-12-6-8-13(9-7-12)18-20-14(11-25-18)10-24-19(23)17-15-4-2-3-5-16(15)21-22-17/h2-9,11H,10H2,1H3,(H,21,22). The summed E-state index contributed by atoms with van der Waals surface area (Å²) in [5.41, 5.74) is 4.11. The van der Waals surface area contributed by atoms with Gasteiger partial charge in [-0.25, -0.2) is 9.78 Å². The van der Waals surface area contributed by atoms with Crippen LogP contribution in [0, 0.1) is 6.92 Å². The Balaban J connectivity index is 1.46. The van der Waals surface area contributed by atoms with Crippen molar-refractivity contribution < 1.29 is 9.53 Å². The molecule has 0 radical (unpaired) electrons. The number of nitrogens with zero attached hydrogens (tertiary/aromatic N) is 2. The molecule has 0 spiro atoms. The minimum Gasteiger partial charge on any atom is -0.454 e. The van der Waals surface area contributed by atoms with Gasteiger partial charge < -0.3 is 4.74 Å². The van der Waals surface area contributed by atoms with Crippen molar-refractivity contribution in [3.63, 3.8) is 0 Å². The van der Waals surface area contributed by atoms with Crippen LogP contribution in [0.4, 0.5) is 0 Å². The highest BCUT2D eigenvalue weighted by atomic mass is 32.1. The molecule has 1 N–H and O–H groups in total. The van der Waals surface area contributed by atoms with Gasteiger partial charge in [-0.1, -0.05) is 48.0 Å². The number of hydrogen-bond acceptors (Lipinski definition) is 5. The van der Waals surface area contributed by atoms with Gasteiger partial charge in [0.1, 0.15) is 11.6 Å². The molecule has 0 saturated heterocycles. The van der Waals surface area contributed by atoms with Crippen LogP contribution in [0.5, 0.6) is 0 Å². The molecule has 0 atom stereocenters. The first-order chi connectivity index (χ1) is 12.2. The molecule has 0 aliphatic carbocycles. The number of thiazole rings is 1. The Kier molecular flexibility index (Phi) is 4.03. The lowest BCUT2D eigenvalue weighted by Gasteiger charge is -2.01. The molecule has 0 aliphatic heterocycles. The highest BCUT2D eigenvalue weighted by Gasteiger charge is 2.16. The minimum absolute atomic E-state index is 0.127. The Morgan fingerprint density at radius 2 is 1.96 bits per heavy atom. The van der Waals surface area contributed by atoms with Gasteiger partial charge in [-0.2, -0.15) is 5.10 Å². The number of aromatic nitrogens is 3. The number of hydrogen-bond donors (Lipinski definition) is 1. The van der Waals surface area contributed by atoms with E-state index in [1.807, 2.05) is 41.8 Å². The summed E-state index contributed by atoms with van der Waals surface area (Å²) in [6, 6.07) is 15.7. The lowest BCUT2D eigenvalue weighted by atomic mass is 10.2. The second-order valence-electron chi connectivity index (χ2n) is 5.70. The van der Waals surface area contributed by atoms with Gasteiger partial charge in [0.25, 0.3) is 0 Å². The summed E-state index contributed by atoms with van der Waals surface area (Å²) in [7, 11) is 0. The Hall–Kier alpha value is -2.99. The highest BCUT2D eigenvalue weighted by molar-refractivity contribution is 7.13. The number of para-hydroxylation sites is 1. The number of benzene rings is 2. The molecule has 4 aromatic rings. The second-order valence-corrected chi connectivity index (χ2v) is 6.56. The lowest BCUT2D eigenvalue weighted by Crippen LogP contribution is -2.06. The van der Waals surface area contributed by atoms with E-state index in [1.54, 1.807) is 0 Å².